The molecule has 0 aliphatic carbocycles. The minimum Gasteiger partial charge on any atom is -0.462 e. The molecule has 0 fully saturated rings. The molecule has 8 nitrogen and oxygen atoms in total. The zero-order valence-corrected chi connectivity index (χ0v) is 19.4. The first-order valence-corrected chi connectivity index (χ1v) is 10.9. The summed E-state index contributed by atoms with van der Waals surface area (Å²) >= 11 is 6.23. The molecule has 3 aromatic rings. The quantitative estimate of drug-likeness (QED) is 0.477. The molecule has 0 radical (unpaired) electrons. The van der Waals surface area contributed by atoms with E-state index >= 15 is 0 Å². The molecule has 0 bridgehead atoms. The van der Waals surface area contributed by atoms with Crippen molar-refractivity contribution in [3.63, 3.8) is 0 Å². The lowest BCUT2D eigenvalue weighted by Gasteiger charge is -2.10. The Hall–Kier alpha value is -3.65. The highest BCUT2D eigenvalue weighted by molar-refractivity contribution is 6.34. The number of esters is 1. The zero-order chi connectivity index (χ0) is 24.0. The lowest BCUT2D eigenvalue weighted by atomic mass is 10.1. The molecule has 2 amide bonds. The van der Waals surface area contributed by atoms with Crippen molar-refractivity contribution in [1.29, 1.82) is 0 Å². The van der Waals surface area contributed by atoms with Crippen molar-refractivity contribution in [2.75, 3.05) is 18.5 Å². The first kappa shape index (κ1) is 24.0. The number of hydrogen-bond donors (Lipinski definition) is 2. The maximum atomic E-state index is 12.6. The average molecular weight is 469 g/mol. The Bertz CT molecular complexity index is 1170. The number of rotatable bonds is 8. The van der Waals surface area contributed by atoms with Gasteiger partial charge < -0.3 is 15.4 Å². The molecule has 2 N–H and O–H groups in total. The number of benzene rings is 2. The van der Waals surface area contributed by atoms with Crippen molar-refractivity contribution in [3.8, 4) is 5.69 Å². The second-order valence-electron chi connectivity index (χ2n) is 7.23. The van der Waals surface area contributed by atoms with Crippen LogP contribution in [0.1, 0.15) is 57.0 Å². The third kappa shape index (κ3) is 5.59. The summed E-state index contributed by atoms with van der Waals surface area (Å²) in [6, 6.07) is 11.5. The van der Waals surface area contributed by atoms with E-state index in [2.05, 4.69) is 15.7 Å². The van der Waals surface area contributed by atoms with Crippen LogP contribution in [-0.2, 0) is 4.74 Å². The third-order valence-corrected chi connectivity index (χ3v) is 5.20. The van der Waals surface area contributed by atoms with Gasteiger partial charge in [-0.25, -0.2) is 9.48 Å². The Morgan fingerprint density at radius 3 is 2.39 bits per heavy atom. The van der Waals surface area contributed by atoms with Crippen LogP contribution in [0.5, 0.6) is 0 Å². The van der Waals surface area contributed by atoms with Gasteiger partial charge in [0.05, 0.1) is 34.8 Å². The van der Waals surface area contributed by atoms with Crippen LogP contribution in [0.4, 0.5) is 5.69 Å². The van der Waals surface area contributed by atoms with Crippen LogP contribution in [0, 0.1) is 6.92 Å². The number of hydrogen-bond acceptors (Lipinski definition) is 5. The molecule has 172 valence electrons. The van der Waals surface area contributed by atoms with E-state index in [9.17, 15) is 14.4 Å². The van der Waals surface area contributed by atoms with Crippen molar-refractivity contribution in [2.24, 2.45) is 0 Å². The highest BCUT2D eigenvalue weighted by Gasteiger charge is 2.17. The van der Waals surface area contributed by atoms with Gasteiger partial charge in [-0.2, -0.15) is 5.10 Å². The lowest BCUT2D eigenvalue weighted by molar-refractivity contribution is 0.0525. The smallest absolute Gasteiger partial charge is 0.341 e. The van der Waals surface area contributed by atoms with Crippen LogP contribution in [0.3, 0.4) is 0 Å². The molecule has 0 unspecified atom stereocenters. The number of nitrogens with one attached hydrogen (secondary N) is 2. The molecule has 3 rings (SSSR count). The van der Waals surface area contributed by atoms with Crippen LogP contribution >= 0.6 is 11.6 Å². The van der Waals surface area contributed by atoms with E-state index in [1.807, 2.05) is 6.92 Å². The summed E-state index contributed by atoms with van der Waals surface area (Å²) in [5, 5.41) is 10.0. The molecule has 1 heterocycles. The molecule has 0 spiro atoms. The standard InChI is InChI=1S/C24H25ClN4O4/c1-4-12-26-23(31)19-11-8-17(13-21(19)25)28-22(30)16-6-9-18(10-7-16)29-15(3)20(14-27-29)24(32)33-5-2/h6-11,13-14H,4-5,12H2,1-3H3,(H,26,31)(H,28,30). The molecule has 0 aliphatic rings. The highest BCUT2D eigenvalue weighted by Crippen LogP contribution is 2.22. The predicted molar refractivity (Wildman–Crippen MR) is 126 cm³/mol. The Morgan fingerprint density at radius 2 is 1.76 bits per heavy atom. The van der Waals surface area contributed by atoms with Crippen molar-refractivity contribution >= 4 is 35.1 Å². The Kier molecular flexibility index (Phi) is 7.84. The molecule has 1 aromatic heterocycles. The third-order valence-electron chi connectivity index (χ3n) is 4.89. The van der Waals surface area contributed by atoms with Crippen LogP contribution in [0.15, 0.2) is 48.7 Å². The molecule has 0 saturated heterocycles. The van der Waals surface area contributed by atoms with Gasteiger partial charge in [0, 0.05) is 17.8 Å². The first-order valence-electron chi connectivity index (χ1n) is 10.6. The molecule has 0 saturated carbocycles. The van der Waals surface area contributed by atoms with E-state index in [1.54, 1.807) is 61.0 Å². The number of carbonyl (C=O) groups is 3. The van der Waals surface area contributed by atoms with Gasteiger partial charge in [-0.15, -0.1) is 0 Å². The van der Waals surface area contributed by atoms with Gasteiger partial charge >= 0.3 is 5.97 Å². The largest absolute Gasteiger partial charge is 0.462 e. The monoisotopic (exact) mass is 468 g/mol. The van der Waals surface area contributed by atoms with Crippen LogP contribution < -0.4 is 10.6 Å². The van der Waals surface area contributed by atoms with E-state index in [0.717, 1.165) is 6.42 Å². The summed E-state index contributed by atoms with van der Waals surface area (Å²) in [5.41, 5.74) is 2.98. The summed E-state index contributed by atoms with van der Waals surface area (Å²) in [6.45, 7) is 6.33. The topological polar surface area (TPSA) is 102 Å². The van der Waals surface area contributed by atoms with Crippen molar-refractivity contribution in [1.82, 2.24) is 15.1 Å². The molecule has 0 atom stereocenters. The zero-order valence-electron chi connectivity index (χ0n) is 18.6. The Morgan fingerprint density at radius 1 is 1.03 bits per heavy atom. The molecule has 0 aliphatic heterocycles. The van der Waals surface area contributed by atoms with Gasteiger partial charge in [-0.05, 0) is 62.7 Å². The number of ether oxygens (including phenoxy) is 1. The van der Waals surface area contributed by atoms with E-state index in [1.165, 1.54) is 6.20 Å². The number of amides is 2. The number of halogens is 1. The van der Waals surface area contributed by atoms with Crippen LogP contribution in [-0.4, -0.2) is 40.7 Å². The van der Waals surface area contributed by atoms with Crippen LogP contribution in [0.2, 0.25) is 5.02 Å². The van der Waals surface area contributed by atoms with E-state index in [4.69, 9.17) is 16.3 Å². The number of nitrogens with zero attached hydrogens (tertiary/aromatic N) is 2. The van der Waals surface area contributed by atoms with Crippen LogP contribution in [0.25, 0.3) is 5.69 Å². The summed E-state index contributed by atoms with van der Waals surface area (Å²) in [6.07, 6.45) is 2.28. The fraction of sp³-hybridized carbons (Fsp3) is 0.250. The van der Waals surface area contributed by atoms with E-state index < -0.39 is 5.97 Å². The van der Waals surface area contributed by atoms with Crippen molar-refractivity contribution in [2.45, 2.75) is 27.2 Å². The van der Waals surface area contributed by atoms with Crippen molar-refractivity contribution in [3.05, 3.63) is 76.1 Å². The van der Waals surface area contributed by atoms with Crippen molar-refractivity contribution < 1.29 is 19.1 Å². The number of carbonyl (C=O) groups excluding carboxylic acids is 3. The van der Waals surface area contributed by atoms with Gasteiger partial charge in [0.15, 0.2) is 0 Å². The molecule has 33 heavy (non-hydrogen) atoms. The second-order valence-corrected chi connectivity index (χ2v) is 7.63. The SMILES string of the molecule is CCCNC(=O)c1ccc(NC(=O)c2ccc(-n3ncc(C(=O)OCC)c3C)cc2)cc1Cl. The minimum atomic E-state index is -0.426. The number of anilines is 1. The van der Waals surface area contributed by atoms with Gasteiger partial charge in [-0.1, -0.05) is 18.5 Å². The summed E-state index contributed by atoms with van der Waals surface area (Å²) in [4.78, 5) is 36.8. The normalized spacial score (nSPS) is 10.5. The van der Waals surface area contributed by atoms with E-state index in [0.29, 0.717) is 40.3 Å². The lowest BCUT2D eigenvalue weighted by Crippen LogP contribution is -2.24. The van der Waals surface area contributed by atoms with Gasteiger partial charge in [0.25, 0.3) is 11.8 Å². The fourth-order valence-corrected chi connectivity index (χ4v) is 3.41. The van der Waals surface area contributed by atoms with E-state index in [-0.39, 0.29) is 23.4 Å². The Labute approximate surface area is 196 Å². The highest BCUT2D eigenvalue weighted by atomic mass is 35.5. The van der Waals surface area contributed by atoms with Gasteiger partial charge in [0.1, 0.15) is 5.56 Å². The maximum Gasteiger partial charge on any atom is 0.341 e. The maximum absolute atomic E-state index is 12.6. The minimum absolute atomic E-state index is 0.253. The fourth-order valence-electron chi connectivity index (χ4n) is 3.15. The summed E-state index contributed by atoms with van der Waals surface area (Å²) < 4.78 is 6.64. The Balaban J connectivity index is 1.71. The molecule has 9 heteroatoms. The predicted octanol–water partition coefficient (Wildman–Crippen LogP) is 4.40. The summed E-state index contributed by atoms with van der Waals surface area (Å²) in [7, 11) is 0. The first-order chi connectivity index (χ1) is 15.8. The molecular formula is C24H25ClN4O4. The molecule has 2 aromatic carbocycles. The summed E-state index contributed by atoms with van der Waals surface area (Å²) in [5.74, 6) is -1.01. The van der Waals surface area contributed by atoms with Gasteiger partial charge in [0.2, 0.25) is 0 Å². The number of aromatic nitrogens is 2. The van der Waals surface area contributed by atoms with Gasteiger partial charge in [-0.3, -0.25) is 9.59 Å². The molecular weight excluding hydrogens is 444 g/mol. The second kappa shape index (κ2) is 10.8. The average Bonchev–Trinajstić information content (AvgIpc) is 3.19.